The molecular weight excluding hydrogens is 460 g/mol. The van der Waals surface area contributed by atoms with Gasteiger partial charge in [0.05, 0.1) is 10.6 Å². The first-order valence-electron chi connectivity index (χ1n) is 8.48. The number of benzene rings is 2. The van der Waals surface area contributed by atoms with Crippen molar-refractivity contribution >= 4 is 15.9 Å². The summed E-state index contributed by atoms with van der Waals surface area (Å²) in [6.45, 7) is 0. The Kier molecular flexibility index (Phi) is 6.27. The third-order valence-corrected chi connectivity index (χ3v) is 5.04. The lowest BCUT2D eigenvalue weighted by Gasteiger charge is -2.11. The van der Waals surface area contributed by atoms with Gasteiger partial charge in [-0.3, -0.25) is 15.0 Å². The molecule has 2 aromatic carbocycles. The lowest BCUT2D eigenvalue weighted by Crippen LogP contribution is -2.43. The molecule has 0 aliphatic heterocycles. The molecule has 1 aromatic heterocycles. The molecule has 0 saturated carbocycles. The summed E-state index contributed by atoms with van der Waals surface area (Å²) in [5.41, 5.74) is 0.619. The highest BCUT2D eigenvalue weighted by molar-refractivity contribution is 7.89. The maximum atomic E-state index is 13.1. The summed E-state index contributed by atoms with van der Waals surface area (Å²) in [6, 6.07) is 9.11. The summed E-state index contributed by atoms with van der Waals surface area (Å²) in [5.74, 6) is -2.36. The summed E-state index contributed by atoms with van der Waals surface area (Å²) < 4.78 is 78.8. The zero-order valence-electron chi connectivity index (χ0n) is 15.6. The Morgan fingerprint density at radius 3 is 2.22 bits per heavy atom. The van der Waals surface area contributed by atoms with Crippen LogP contribution in [0.5, 0.6) is 5.75 Å². The lowest BCUT2D eigenvalue weighted by molar-refractivity contribution is -0.274. The van der Waals surface area contributed by atoms with Crippen LogP contribution in [0.25, 0.3) is 5.69 Å². The number of hydrazine groups is 1. The van der Waals surface area contributed by atoms with E-state index in [-0.39, 0.29) is 0 Å². The van der Waals surface area contributed by atoms with Crippen molar-refractivity contribution in [2.24, 2.45) is 0 Å². The Labute approximate surface area is 177 Å². The minimum absolute atomic E-state index is 0.321. The van der Waals surface area contributed by atoms with Gasteiger partial charge in [-0.05, 0) is 48.5 Å². The second-order valence-electron chi connectivity index (χ2n) is 6.03. The van der Waals surface area contributed by atoms with E-state index in [1.807, 2.05) is 0 Å². The number of rotatable bonds is 6. The van der Waals surface area contributed by atoms with Gasteiger partial charge in [-0.2, -0.15) is 5.10 Å². The maximum absolute atomic E-state index is 13.1. The van der Waals surface area contributed by atoms with Crippen molar-refractivity contribution in [1.82, 2.24) is 20.0 Å². The quantitative estimate of drug-likeness (QED) is 0.418. The van der Waals surface area contributed by atoms with Crippen molar-refractivity contribution < 1.29 is 35.5 Å². The van der Waals surface area contributed by atoms with E-state index in [1.165, 1.54) is 18.3 Å². The molecule has 0 aliphatic carbocycles. The Hall–Kier alpha value is -3.78. The molecule has 14 heteroatoms. The van der Waals surface area contributed by atoms with Crippen LogP contribution in [0.4, 0.5) is 17.6 Å². The fourth-order valence-corrected chi connectivity index (χ4v) is 3.19. The van der Waals surface area contributed by atoms with Crippen molar-refractivity contribution in [2.45, 2.75) is 11.3 Å². The molecule has 32 heavy (non-hydrogen) atoms. The molecule has 168 valence electrons. The predicted molar refractivity (Wildman–Crippen MR) is 101 cm³/mol. The van der Waals surface area contributed by atoms with Crippen molar-refractivity contribution in [3.05, 3.63) is 82.5 Å². The van der Waals surface area contributed by atoms with Crippen LogP contribution in [0.1, 0.15) is 10.5 Å². The first-order chi connectivity index (χ1) is 14.9. The fraction of sp³-hybridized carbons (Fsp3) is 0.0556. The molecule has 0 atom stereocenters. The smallest absolute Gasteiger partial charge is 0.406 e. The molecule has 0 radical (unpaired) electrons. The van der Waals surface area contributed by atoms with E-state index in [0.717, 1.165) is 47.1 Å². The second kappa shape index (κ2) is 8.76. The molecule has 0 unspecified atom stereocenters. The van der Waals surface area contributed by atoms with Gasteiger partial charge >= 0.3 is 6.36 Å². The molecule has 1 heterocycles. The minimum atomic E-state index is -4.95. The highest BCUT2D eigenvalue weighted by Crippen LogP contribution is 2.23. The average Bonchev–Trinajstić information content (AvgIpc) is 2.72. The average molecular weight is 472 g/mol. The number of halogens is 4. The SMILES string of the molecule is O=C(NNS(=O)(=O)c1ccc(OC(F)(F)F)cc1)c1nn(-c2ccc(F)cc2)ccc1=O. The van der Waals surface area contributed by atoms with Crippen molar-refractivity contribution in [3.63, 3.8) is 0 Å². The van der Waals surface area contributed by atoms with Crippen LogP contribution < -0.4 is 20.4 Å². The standard InChI is InChI=1S/C18H12F4N4O5S/c19-11-1-3-12(4-2-11)26-10-9-15(27)16(24-26)17(28)23-25-32(29,30)14-7-5-13(6-8-14)31-18(20,21)22/h1-10,25H,(H,23,28). The molecule has 0 saturated heterocycles. The zero-order chi connectivity index (χ0) is 23.5. The van der Waals surface area contributed by atoms with Gasteiger partial charge in [0, 0.05) is 12.3 Å². The van der Waals surface area contributed by atoms with Gasteiger partial charge in [0.2, 0.25) is 5.43 Å². The number of carbonyl (C=O) groups excluding carboxylic acids is 1. The van der Waals surface area contributed by atoms with Crippen LogP contribution in [0.15, 0.2) is 70.5 Å². The van der Waals surface area contributed by atoms with E-state index in [1.54, 1.807) is 10.3 Å². The molecule has 0 aliphatic rings. The molecule has 9 nitrogen and oxygen atoms in total. The molecule has 1 amide bonds. The van der Waals surface area contributed by atoms with Crippen LogP contribution in [0, 0.1) is 5.82 Å². The highest BCUT2D eigenvalue weighted by atomic mass is 32.2. The number of hydrogen-bond acceptors (Lipinski definition) is 6. The summed E-state index contributed by atoms with van der Waals surface area (Å²) in [6.07, 6.45) is -3.72. The minimum Gasteiger partial charge on any atom is -0.406 e. The lowest BCUT2D eigenvalue weighted by atomic mass is 10.3. The van der Waals surface area contributed by atoms with Crippen LogP contribution in [0.3, 0.4) is 0 Å². The van der Waals surface area contributed by atoms with Gasteiger partial charge in [-0.15, -0.1) is 18.0 Å². The van der Waals surface area contributed by atoms with Gasteiger partial charge in [-0.1, -0.05) is 0 Å². The number of sulfonamides is 1. The molecule has 0 fully saturated rings. The van der Waals surface area contributed by atoms with E-state index in [2.05, 4.69) is 9.84 Å². The number of ether oxygens (including phenoxy) is 1. The summed E-state index contributed by atoms with van der Waals surface area (Å²) >= 11 is 0. The van der Waals surface area contributed by atoms with E-state index >= 15 is 0 Å². The van der Waals surface area contributed by atoms with E-state index in [0.29, 0.717) is 5.69 Å². The Bertz CT molecular complexity index is 1290. The van der Waals surface area contributed by atoms with Crippen molar-refractivity contribution in [2.75, 3.05) is 0 Å². The topological polar surface area (TPSA) is 119 Å². The second-order valence-corrected chi connectivity index (χ2v) is 7.71. The summed E-state index contributed by atoms with van der Waals surface area (Å²) in [4.78, 5) is 25.5. The third kappa shape index (κ3) is 5.67. The fourth-order valence-electron chi connectivity index (χ4n) is 2.35. The molecule has 0 bridgehead atoms. The highest BCUT2D eigenvalue weighted by Gasteiger charge is 2.31. The van der Waals surface area contributed by atoms with Crippen LogP contribution in [-0.4, -0.2) is 30.5 Å². The van der Waals surface area contributed by atoms with E-state index < -0.39 is 49.9 Å². The number of alkyl halides is 3. The molecular formula is C18H12F4N4O5S. The first-order valence-corrected chi connectivity index (χ1v) is 9.97. The molecule has 3 rings (SSSR count). The van der Waals surface area contributed by atoms with Gasteiger partial charge < -0.3 is 4.74 Å². The van der Waals surface area contributed by atoms with Gasteiger partial charge in [0.15, 0.2) is 5.69 Å². The van der Waals surface area contributed by atoms with E-state index in [9.17, 15) is 35.6 Å². The number of carbonyl (C=O) groups is 1. The molecule has 0 spiro atoms. The Morgan fingerprint density at radius 2 is 1.62 bits per heavy atom. The predicted octanol–water partition coefficient (Wildman–Crippen LogP) is 1.89. The van der Waals surface area contributed by atoms with Crippen LogP contribution in [-0.2, 0) is 10.0 Å². The van der Waals surface area contributed by atoms with E-state index in [4.69, 9.17) is 0 Å². The third-order valence-electron chi connectivity index (χ3n) is 3.78. The molecule has 3 aromatic rings. The number of nitrogens with one attached hydrogen (secondary N) is 2. The molecule has 2 N–H and O–H groups in total. The number of nitrogens with zero attached hydrogens (tertiary/aromatic N) is 2. The van der Waals surface area contributed by atoms with Gasteiger partial charge in [0.1, 0.15) is 11.6 Å². The summed E-state index contributed by atoms with van der Waals surface area (Å²) in [7, 11) is -4.40. The maximum Gasteiger partial charge on any atom is 0.573 e. The number of aromatic nitrogens is 2. The number of amides is 1. The normalized spacial score (nSPS) is 11.8. The van der Waals surface area contributed by atoms with Crippen molar-refractivity contribution in [1.29, 1.82) is 0 Å². The largest absolute Gasteiger partial charge is 0.573 e. The Morgan fingerprint density at radius 1 is 1.00 bits per heavy atom. The van der Waals surface area contributed by atoms with Gasteiger partial charge in [-0.25, -0.2) is 17.5 Å². The summed E-state index contributed by atoms with van der Waals surface area (Å²) in [5, 5.41) is 3.80. The van der Waals surface area contributed by atoms with Crippen LogP contribution >= 0.6 is 0 Å². The van der Waals surface area contributed by atoms with Crippen LogP contribution in [0.2, 0.25) is 0 Å². The number of hydrogen-bond donors (Lipinski definition) is 2. The van der Waals surface area contributed by atoms with Crippen molar-refractivity contribution in [3.8, 4) is 11.4 Å². The Balaban J connectivity index is 1.74. The van der Waals surface area contributed by atoms with Gasteiger partial charge in [0.25, 0.3) is 15.9 Å². The first kappa shape index (κ1) is 22.9. The zero-order valence-corrected chi connectivity index (χ0v) is 16.4. The monoisotopic (exact) mass is 472 g/mol.